The highest BCUT2D eigenvalue weighted by atomic mass is 32.2. The molecule has 5 N–H and O–H groups in total. The average molecular weight is 283 g/mol. The fourth-order valence-electron chi connectivity index (χ4n) is 1.95. The molecule has 0 bridgehead atoms. The van der Waals surface area contributed by atoms with Gasteiger partial charge in [-0.3, -0.25) is 4.79 Å². The second-order valence-corrected chi connectivity index (χ2v) is 6.50. The van der Waals surface area contributed by atoms with Gasteiger partial charge < -0.3 is 11.5 Å². The fraction of sp³-hybridized carbons (Fsp3) is 0.417. The Morgan fingerprint density at radius 1 is 1.37 bits per heavy atom. The van der Waals surface area contributed by atoms with Gasteiger partial charge in [0.2, 0.25) is 15.9 Å². The van der Waals surface area contributed by atoms with Gasteiger partial charge in [-0.25, -0.2) is 13.1 Å². The third-order valence-corrected chi connectivity index (χ3v) is 4.87. The Hall–Kier alpha value is -1.60. The third-order valence-electron chi connectivity index (χ3n) is 3.37. The van der Waals surface area contributed by atoms with E-state index in [1.807, 2.05) is 0 Å². The molecule has 1 aliphatic carbocycles. The maximum absolute atomic E-state index is 12.1. The molecule has 0 saturated heterocycles. The van der Waals surface area contributed by atoms with Crippen molar-refractivity contribution >= 4 is 21.6 Å². The Kier molecular flexibility index (Phi) is 3.77. The number of hydrogen-bond acceptors (Lipinski definition) is 4. The van der Waals surface area contributed by atoms with Gasteiger partial charge in [-0.15, -0.1) is 0 Å². The molecule has 1 aliphatic rings. The van der Waals surface area contributed by atoms with Crippen LogP contribution < -0.4 is 16.2 Å². The highest BCUT2D eigenvalue weighted by Crippen LogP contribution is 2.26. The van der Waals surface area contributed by atoms with Crippen LogP contribution in [0.4, 0.5) is 5.69 Å². The molecular weight excluding hydrogens is 266 g/mol. The number of sulfonamides is 1. The van der Waals surface area contributed by atoms with Crippen LogP contribution in [-0.2, 0) is 10.0 Å². The molecule has 2 rings (SSSR count). The number of nitrogens with one attached hydrogen (secondary N) is 1. The highest BCUT2D eigenvalue weighted by Gasteiger charge is 2.23. The minimum Gasteiger partial charge on any atom is -0.398 e. The van der Waals surface area contributed by atoms with E-state index in [2.05, 4.69) is 4.72 Å². The second kappa shape index (κ2) is 5.18. The Bertz CT molecular complexity index is 594. The minimum atomic E-state index is -3.63. The van der Waals surface area contributed by atoms with Gasteiger partial charge in [-0.05, 0) is 37.0 Å². The van der Waals surface area contributed by atoms with Crippen molar-refractivity contribution in [2.75, 3.05) is 12.3 Å². The lowest BCUT2D eigenvalue weighted by atomic mass is 9.86. The summed E-state index contributed by atoms with van der Waals surface area (Å²) < 4.78 is 26.7. The van der Waals surface area contributed by atoms with E-state index in [4.69, 9.17) is 11.5 Å². The predicted molar refractivity (Wildman–Crippen MR) is 71.9 cm³/mol. The van der Waals surface area contributed by atoms with E-state index in [1.54, 1.807) is 0 Å². The van der Waals surface area contributed by atoms with Crippen molar-refractivity contribution in [2.45, 2.75) is 24.2 Å². The largest absolute Gasteiger partial charge is 0.398 e. The van der Waals surface area contributed by atoms with Crippen LogP contribution in [0.1, 0.15) is 29.6 Å². The summed E-state index contributed by atoms with van der Waals surface area (Å²) in [6.07, 6.45) is 3.26. The zero-order valence-electron chi connectivity index (χ0n) is 10.4. The van der Waals surface area contributed by atoms with E-state index < -0.39 is 15.9 Å². The molecule has 0 heterocycles. The van der Waals surface area contributed by atoms with Gasteiger partial charge in [0.15, 0.2) is 0 Å². The van der Waals surface area contributed by atoms with E-state index in [-0.39, 0.29) is 16.1 Å². The van der Waals surface area contributed by atoms with Gasteiger partial charge in [0.25, 0.3) is 0 Å². The van der Waals surface area contributed by atoms with Crippen LogP contribution in [0.15, 0.2) is 23.1 Å². The number of carbonyl (C=O) groups excluding carboxylic acids is 1. The van der Waals surface area contributed by atoms with Gasteiger partial charge in [0.1, 0.15) is 4.90 Å². The Balaban J connectivity index is 2.17. The van der Waals surface area contributed by atoms with Gasteiger partial charge in [0, 0.05) is 12.1 Å². The molecule has 0 radical (unpaired) electrons. The molecule has 0 aliphatic heterocycles. The number of amides is 1. The topological polar surface area (TPSA) is 115 Å². The van der Waals surface area contributed by atoms with Crippen LogP contribution in [0.5, 0.6) is 0 Å². The Labute approximate surface area is 112 Å². The molecular formula is C12H17N3O3S. The third kappa shape index (κ3) is 3.05. The smallest absolute Gasteiger partial charge is 0.248 e. The minimum absolute atomic E-state index is 0.0168. The molecule has 104 valence electrons. The quantitative estimate of drug-likeness (QED) is 0.680. The maximum atomic E-state index is 12.1. The van der Waals surface area contributed by atoms with E-state index in [0.717, 1.165) is 19.3 Å². The zero-order chi connectivity index (χ0) is 14.0. The van der Waals surface area contributed by atoms with Gasteiger partial charge in [-0.1, -0.05) is 6.42 Å². The molecule has 0 aromatic heterocycles. The summed E-state index contributed by atoms with van der Waals surface area (Å²) in [4.78, 5) is 11.0. The molecule has 1 amide bonds. The summed E-state index contributed by atoms with van der Waals surface area (Å²) in [5.41, 5.74) is 11.0. The van der Waals surface area contributed by atoms with Crippen LogP contribution in [-0.4, -0.2) is 20.9 Å². The molecule has 7 heteroatoms. The molecule has 1 fully saturated rings. The van der Waals surface area contributed by atoms with Crippen LogP contribution in [0.25, 0.3) is 0 Å². The first-order valence-electron chi connectivity index (χ1n) is 6.09. The summed E-state index contributed by atoms with van der Waals surface area (Å²) >= 11 is 0. The number of nitrogen functional groups attached to an aromatic ring is 1. The van der Waals surface area contributed by atoms with Crippen molar-refractivity contribution in [1.29, 1.82) is 0 Å². The zero-order valence-corrected chi connectivity index (χ0v) is 11.2. The van der Waals surface area contributed by atoms with E-state index >= 15 is 0 Å². The van der Waals surface area contributed by atoms with Crippen molar-refractivity contribution in [3.05, 3.63) is 23.8 Å². The number of anilines is 1. The van der Waals surface area contributed by atoms with E-state index in [1.165, 1.54) is 18.2 Å². The van der Waals surface area contributed by atoms with Crippen molar-refractivity contribution in [2.24, 2.45) is 11.7 Å². The Morgan fingerprint density at radius 3 is 2.53 bits per heavy atom. The lowest BCUT2D eigenvalue weighted by molar-refractivity contribution is 0.1000. The van der Waals surface area contributed by atoms with Crippen molar-refractivity contribution in [3.8, 4) is 0 Å². The van der Waals surface area contributed by atoms with Gasteiger partial charge in [0.05, 0.1) is 5.69 Å². The Morgan fingerprint density at radius 2 is 2.05 bits per heavy atom. The van der Waals surface area contributed by atoms with Gasteiger partial charge in [-0.2, -0.15) is 0 Å². The number of hydrogen-bond donors (Lipinski definition) is 3. The summed E-state index contributed by atoms with van der Waals surface area (Å²) in [5, 5.41) is 0. The molecule has 6 nitrogen and oxygen atoms in total. The van der Waals surface area contributed by atoms with Crippen molar-refractivity contribution < 1.29 is 13.2 Å². The molecule has 0 atom stereocenters. The normalized spacial score (nSPS) is 16.0. The number of rotatable bonds is 5. The molecule has 0 spiro atoms. The predicted octanol–water partition coefficient (Wildman–Crippen LogP) is 0.446. The monoisotopic (exact) mass is 283 g/mol. The first kappa shape index (κ1) is 13.8. The standard InChI is InChI=1S/C12H17N3O3S/c13-10-6-9(12(14)16)4-5-11(10)19(17,18)15-7-8-2-1-3-8/h4-6,8,15H,1-3,7,13H2,(H2,14,16). The molecule has 19 heavy (non-hydrogen) atoms. The summed E-state index contributed by atoms with van der Waals surface area (Å²) in [6.45, 7) is 0.430. The number of carbonyl (C=O) groups is 1. The van der Waals surface area contributed by atoms with Crippen LogP contribution >= 0.6 is 0 Å². The highest BCUT2D eigenvalue weighted by molar-refractivity contribution is 7.89. The average Bonchev–Trinajstić information content (AvgIpc) is 2.26. The lowest BCUT2D eigenvalue weighted by Gasteiger charge is -2.25. The summed E-state index contributed by atoms with van der Waals surface area (Å²) in [6, 6.07) is 3.94. The van der Waals surface area contributed by atoms with Gasteiger partial charge >= 0.3 is 0 Å². The number of nitrogens with two attached hydrogens (primary N) is 2. The molecule has 0 unspecified atom stereocenters. The molecule has 1 saturated carbocycles. The summed E-state index contributed by atoms with van der Waals surface area (Å²) in [7, 11) is -3.63. The number of benzene rings is 1. The summed E-state index contributed by atoms with van der Waals surface area (Å²) in [5.74, 6) is -0.223. The van der Waals surface area contributed by atoms with Crippen molar-refractivity contribution in [1.82, 2.24) is 4.72 Å². The van der Waals surface area contributed by atoms with E-state index in [9.17, 15) is 13.2 Å². The first-order valence-corrected chi connectivity index (χ1v) is 7.57. The first-order chi connectivity index (χ1) is 8.90. The number of primary amides is 1. The lowest BCUT2D eigenvalue weighted by Crippen LogP contribution is -2.32. The molecule has 1 aromatic carbocycles. The fourth-order valence-corrected chi connectivity index (χ4v) is 3.18. The van der Waals surface area contributed by atoms with Crippen LogP contribution in [0, 0.1) is 5.92 Å². The molecule has 1 aromatic rings. The van der Waals surface area contributed by atoms with Crippen molar-refractivity contribution in [3.63, 3.8) is 0 Å². The maximum Gasteiger partial charge on any atom is 0.248 e. The van der Waals surface area contributed by atoms with Crippen LogP contribution in [0.2, 0.25) is 0 Å². The second-order valence-electron chi connectivity index (χ2n) is 4.77. The van der Waals surface area contributed by atoms with E-state index in [0.29, 0.717) is 12.5 Å². The van der Waals surface area contributed by atoms with Crippen LogP contribution in [0.3, 0.4) is 0 Å². The SMILES string of the molecule is NC(=O)c1ccc(S(=O)(=O)NCC2CCC2)c(N)c1.